The fourth-order valence-corrected chi connectivity index (χ4v) is 3.04. The molecule has 1 aliphatic heterocycles. The average molecular weight is 302 g/mol. The summed E-state index contributed by atoms with van der Waals surface area (Å²) in [5, 5.41) is 9.29. The van der Waals surface area contributed by atoms with Crippen molar-refractivity contribution < 1.29 is 19.5 Å². The Balaban J connectivity index is 2.56. The van der Waals surface area contributed by atoms with Gasteiger partial charge < -0.3 is 15.7 Å². The van der Waals surface area contributed by atoms with Crippen LogP contribution in [0.3, 0.4) is 0 Å². The molecular formula is C13H22N2O4S. The minimum atomic E-state index is -0.963. The average Bonchev–Trinajstić information content (AvgIpc) is 2.73. The number of thioether (sulfide) groups is 1. The molecule has 2 unspecified atom stereocenters. The van der Waals surface area contributed by atoms with Gasteiger partial charge in [-0.1, -0.05) is 11.8 Å². The van der Waals surface area contributed by atoms with Crippen molar-refractivity contribution in [3.05, 3.63) is 0 Å². The Morgan fingerprint density at radius 2 is 2.20 bits per heavy atom. The van der Waals surface area contributed by atoms with Gasteiger partial charge in [0, 0.05) is 25.6 Å². The summed E-state index contributed by atoms with van der Waals surface area (Å²) in [6.07, 6.45) is 2.23. The summed E-state index contributed by atoms with van der Waals surface area (Å²) in [6.45, 7) is 2.45. The summed E-state index contributed by atoms with van der Waals surface area (Å²) in [6, 6.07) is -0.763. The van der Waals surface area contributed by atoms with Gasteiger partial charge in [0.25, 0.3) is 0 Å². The van der Waals surface area contributed by atoms with E-state index in [1.165, 1.54) is 23.6 Å². The van der Waals surface area contributed by atoms with Crippen molar-refractivity contribution in [1.29, 1.82) is 0 Å². The number of hydrogen-bond donors (Lipinski definition) is 2. The summed E-state index contributed by atoms with van der Waals surface area (Å²) >= 11 is 1.19. The lowest BCUT2D eigenvalue weighted by molar-refractivity contribution is -0.148. The number of carbonyl (C=O) groups is 3. The van der Waals surface area contributed by atoms with E-state index in [9.17, 15) is 19.5 Å². The zero-order valence-electron chi connectivity index (χ0n) is 11.7. The lowest BCUT2D eigenvalue weighted by Gasteiger charge is -2.24. The third-order valence-electron chi connectivity index (χ3n) is 3.35. The second-order valence-electron chi connectivity index (χ2n) is 5.06. The maximum absolute atomic E-state index is 12.0. The standard InChI is InChI=1S/C13H22N2O4S/c1-9(16)20-8-10-6-12(17)15(7-10)11(13(18)19)4-2-3-5-14/h10-11H,2-8,14H2,1H3,(H,18,19). The number of aliphatic carboxylic acids is 1. The maximum Gasteiger partial charge on any atom is 0.326 e. The van der Waals surface area contributed by atoms with Crippen LogP contribution >= 0.6 is 11.8 Å². The number of nitrogens with zero attached hydrogens (tertiary/aromatic N) is 1. The highest BCUT2D eigenvalue weighted by Crippen LogP contribution is 2.25. The molecule has 0 bridgehead atoms. The normalized spacial score (nSPS) is 20.2. The molecule has 1 rings (SSSR count). The lowest BCUT2D eigenvalue weighted by atomic mass is 10.1. The van der Waals surface area contributed by atoms with Crippen molar-refractivity contribution in [2.45, 2.75) is 38.6 Å². The van der Waals surface area contributed by atoms with Crippen LogP contribution in [0.15, 0.2) is 0 Å². The minimum absolute atomic E-state index is 0.0219. The molecule has 7 heteroatoms. The molecule has 0 saturated carbocycles. The monoisotopic (exact) mass is 302 g/mol. The van der Waals surface area contributed by atoms with Gasteiger partial charge >= 0.3 is 5.97 Å². The van der Waals surface area contributed by atoms with Crippen molar-refractivity contribution in [3.8, 4) is 0 Å². The second-order valence-corrected chi connectivity index (χ2v) is 6.25. The second kappa shape index (κ2) is 8.26. The SMILES string of the molecule is CC(=O)SCC1CC(=O)N(C(CCCCN)C(=O)O)C1. The number of unbranched alkanes of at least 4 members (excludes halogenated alkanes) is 1. The minimum Gasteiger partial charge on any atom is -0.480 e. The van der Waals surface area contributed by atoms with Crippen LogP contribution in [0, 0.1) is 5.92 Å². The zero-order valence-corrected chi connectivity index (χ0v) is 12.5. The summed E-state index contributed by atoms with van der Waals surface area (Å²) < 4.78 is 0. The molecule has 0 aromatic carbocycles. The fourth-order valence-electron chi connectivity index (χ4n) is 2.35. The molecular weight excluding hydrogens is 280 g/mol. The molecule has 114 valence electrons. The lowest BCUT2D eigenvalue weighted by Crippen LogP contribution is -2.42. The van der Waals surface area contributed by atoms with E-state index in [1.807, 2.05) is 0 Å². The molecule has 1 amide bonds. The highest BCUT2D eigenvalue weighted by molar-refractivity contribution is 8.13. The van der Waals surface area contributed by atoms with Gasteiger partial charge in [0.15, 0.2) is 5.12 Å². The third-order valence-corrected chi connectivity index (χ3v) is 4.40. The Morgan fingerprint density at radius 1 is 1.50 bits per heavy atom. The Labute approximate surface area is 123 Å². The Kier molecular flexibility index (Phi) is 7.01. The van der Waals surface area contributed by atoms with Gasteiger partial charge in [0.05, 0.1) is 0 Å². The number of carboxylic acid groups (broad SMARTS) is 1. The molecule has 3 N–H and O–H groups in total. The number of nitrogens with two attached hydrogens (primary N) is 1. The summed E-state index contributed by atoms with van der Waals surface area (Å²) in [4.78, 5) is 35.7. The van der Waals surface area contributed by atoms with Gasteiger partial charge in [-0.05, 0) is 31.7 Å². The molecule has 1 fully saturated rings. The maximum atomic E-state index is 12.0. The van der Waals surface area contributed by atoms with E-state index in [1.54, 1.807) is 0 Å². The first-order valence-corrected chi connectivity index (χ1v) is 7.80. The first kappa shape index (κ1) is 17.0. The predicted octanol–water partition coefficient (Wildman–Crippen LogP) is 0.697. The highest BCUT2D eigenvalue weighted by atomic mass is 32.2. The number of hydrogen-bond acceptors (Lipinski definition) is 5. The Morgan fingerprint density at radius 3 is 2.75 bits per heavy atom. The largest absolute Gasteiger partial charge is 0.480 e. The van der Waals surface area contributed by atoms with Crippen molar-refractivity contribution in [2.75, 3.05) is 18.8 Å². The van der Waals surface area contributed by atoms with Crippen molar-refractivity contribution in [3.63, 3.8) is 0 Å². The summed E-state index contributed by atoms with van der Waals surface area (Å²) in [5.74, 6) is -0.450. The molecule has 6 nitrogen and oxygen atoms in total. The molecule has 2 atom stereocenters. The number of likely N-dealkylation sites (tertiary alicyclic amines) is 1. The Bertz CT molecular complexity index is 375. The van der Waals surface area contributed by atoms with Crippen LogP contribution in [0.25, 0.3) is 0 Å². The summed E-state index contributed by atoms with van der Waals surface area (Å²) in [5.41, 5.74) is 5.40. The number of carboxylic acids is 1. The van der Waals surface area contributed by atoms with E-state index in [-0.39, 0.29) is 16.9 Å². The third kappa shape index (κ3) is 5.13. The molecule has 0 aromatic rings. The van der Waals surface area contributed by atoms with E-state index in [2.05, 4.69) is 0 Å². The van der Waals surface area contributed by atoms with Gasteiger partial charge in [0.1, 0.15) is 6.04 Å². The first-order valence-electron chi connectivity index (χ1n) is 6.81. The van der Waals surface area contributed by atoms with Gasteiger partial charge in [0.2, 0.25) is 5.91 Å². The number of rotatable bonds is 8. The van der Waals surface area contributed by atoms with Crippen LogP contribution in [-0.4, -0.2) is 51.9 Å². The van der Waals surface area contributed by atoms with E-state index >= 15 is 0 Å². The predicted molar refractivity (Wildman–Crippen MR) is 77.3 cm³/mol. The van der Waals surface area contributed by atoms with E-state index < -0.39 is 12.0 Å². The topological polar surface area (TPSA) is 101 Å². The van der Waals surface area contributed by atoms with Crippen LogP contribution in [0.5, 0.6) is 0 Å². The van der Waals surface area contributed by atoms with E-state index in [0.717, 1.165) is 6.42 Å². The van der Waals surface area contributed by atoms with Gasteiger partial charge in [-0.3, -0.25) is 9.59 Å². The molecule has 1 heterocycles. The van der Waals surface area contributed by atoms with Crippen LogP contribution in [0.2, 0.25) is 0 Å². The van der Waals surface area contributed by atoms with Crippen molar-refractivity contribution in [1.82, 2.24) is 4.90 Å². The molecule has 0 spiro atoms. The molecule has 1 saturated heterocycles. The zero-order chi connectivity index (χ0) is 15.1. The molecule has 0 aliphatic carbocycles. The molecule has 20 heavy (non-hydrogen) atoms. The van der Waals surface area contributed by atoms with E-state index in [4.69, 9.17) is 5.73 Å². The fraction of sp³-hybridized carbons (Fsp3) is 0.769. The Hall–Kier alpha value is -1.08. The molecule has 0 aromatic heterocycles. The summed E-state index contributed by atoms with van der Waals surface area (Å²) in [7, 11) is 0. The first-order chi connectivity index (χ1) is 9.45. The van der Waals surface area contributed by atoms with E-state index in [0.29, 0.717) is 38.1 Å². The van der Waals surface area contributed by atoms with Crippen LogP contribution in [-0.2, 0) is 14.4 Å². The molecule has 0 radical (unpaired) electrons. The number of carbonyl (C=O) groups excluding carboxylic acids is 2. The quantitative estimate of drug-likeness (QED) is 0.640. The van der Waals surface area contributed by atoms with Crippen LogP contribution < -0.4 is 5.73 Å². The number of amides is 1. The van der Waals surface area contributed by atoms with Crippen LogP contribution in [0.1, 0.15) is 32.6 Å². The van der Waals surface area contributed by atoms with Crippen molar-refractivity contribution >= 4 is 28.8 Å². The van der Waals surface area contributed by atoms with Crippen molar-refractivity contribution in [2.24, 2.45) is 11.7 Å². The van der Waals surface area contributed by atoms with Gasteiger partial charge in [-0.25, -0.2) is 4.79 Å². The van der Waals surface area contributed by atoms with Gasteiger partial charge in [-0.15, -0.1) is 0 Å². The molecule has 1 aliphatic rings. The van der Waals surface area contributed by atoms with Crippen LogP contribution in [0.4, 0.5) is 0 Å². The van der Waals surface area contributed by atoms with Gasteiger partial charge in [-0.2, -0.15) is 0 Å². The smallest absolute Gasteiger partial charge is 0.326 e. The highest BCUT2D eigenvalue weighted by Gasteiger charge is 2.37.